The van der Waals surface area contributed by atoms with Crippen LogP contribution in [0.15, 0.2) is 17.8 Å². The third-order valence-electron chi connectivity index (χ3n) is 1.80. The lowest BCUT2D eigenvalue weighted by Gasteiger charge is -1.98. The molecule has 1 N–H and O–H groups in total. The highest BCUT2D eigenvalue weighted by atomic mass is 32.1. The van der Waals surface area contributed by atoms with Gasteiger partial charge in [0.25, 0.3) is 0 Å². The molecule has 5 nitrogen and oxygen atoms in total. The first kappa shape index (κ1) is 9.29. The quantitative estimate of drug-likeness (QED) is 0.799. The summed E-state index contributed by atoms with van der Waals surface area (Å²) < 4.78 is 5.58. The number of nitrogens with one attached hydrogen (secondary N) is 1. The van der Waals surface area contributed by atoms with Crippen LogP contribution in [0.25, 0.3) is 0 Å². The molecule has 74 valence electrons. The van der Waals surface area contributed by atoms with Crippen molar-refractivity contribution in [3.05, 3.63) is 29.0 Å². The van der Waals surface area contributed by atoms with Gasteiger partial charge in [-0.05, 0) is 11.5 Å². The van der Waals surface area contributed by atoms with Crippen molar-refractivity contribution < 1.29 is 0 Å². The Kier molecular flexibility index (Phi) is 2.85. The molecule has 14 heavy (non-hydrogen) atoms. The Morgan fingerprint density at radius 2 is 2.43 bits per heavy atom. The standard InChI is InChI=1S/C8H11N5S/c1-13-5-7(3-10-13)2-9-4-8-6-14-12-11-8/h3,5-6,9H,2,4H2,1H3. The van der Waals surface area contributed by atoms with Crippen molar-refractivity contribution >= 4 is 11.5 Å². The second-order valence-electron chi connectivity index (χ2n) is 3.02. The van der Waals surface area contributed by atoms with E-state index >= 15 is 0 Å². The van der Waals surface area contributed by atoms with E-state index in [4.69, 9.17) is 0 Å². The monoisotopic (exact) mass is 209 g/mol. The van der Waals surface area contributed by atoms with Crippen LogP contribution in [0.3, 0.4) is 0 Å². The summed E-state index contributed by atoms with van der Waals surface area (Å²) in [5, 5.41) is 13.2. The molecule has 0 fully saturated rings. The molecule has 2 rings (SSSR count). The summed E-state index contributed by atoms with van der Waals surface area (Å²) in [5.74, 6) is 0. The van der Waals surface area contributed by atoms with Crippen LogP contribution < -0.4 is 5.32 Å². The molecule has 0 saturated carbocycles. The van der Waals surface area contributed by atoms with E-state index in [1.165, 1.54) is 17.1 Å². The van der Waals surface area contributed by atoms with Gasteiger partial charge in [-0.1, -0.05) is 4.49 Å². The van der Waals surface area contributed by atoms with Gasteiger partial charge in [0.15, 0.2) is 0 Å². The first-order chi connectivity index (χ1) is 6.84. The Morgan fingerprint density at radius 3 is 3.07 bits per heavy atom. The molecule has 0 bridgehead atoms. The summed E-state index contributed by atoms with van der Waals surface area (Å²) in [6.07, 6.45) is 3.85. The average Bonchev–Trinajstić information content (AvgIpc) is 2.77. The Labute approximate surface area is 85.9 Å². The summed E-state index contributed by atoms with van der Waals surface area (Å²) in [4.78, 5) is 0. The van der Waals surface area contributed by atoms with Gasteiger partial charge in [-0.15, -0.1) is 5.10 Å². The number of aryl methyl sites for hydroxylation is 1. The normalized spacial score (nSPS) is 10.6. The molecule has 2 heterocycles. The molecule has 0 spiro atoms. The van der Waals surface area contributed by atoms with Crippen LogP contribution in [0.4, 0.5) is 0 Å². The number of hydrogen-bond acceptors (Lipinski definition) is 5. The topological polar surface area (TPSA) is 55.6 Å². The van der Waals surface area contributed by atoms with Crippen molar-refractivity contribution in [2.45, 2.75) is 13.1 Å². The van der Waals surface area contributed by atoms with Crippen molar-refractivity contribution in [3.63, 3.8) is 0 Å². The van der Waals surface area contributed by atoms with Crippen molar-refractivity contribution in [1.29, 1.82) is 0 Å². The molecule has 0 aliphatic heterocycles. The van der Waals surface area contributed by atoms with Gasteiger partial charge >= 0.3 is 0 Å². The van der Waals surface area contributed by atoms with E-state index in [9.17, 15) is 0 Å². The molecule has 0 radical (unpaired) electrons. The molecule has 0 aliphatic carbocycles. The predicted molar refractivity (Wildman–Crippen MR) is 53.7 cm³/mol. The molecule has 0 aromatic carbocycles. The van der Waals surface area contributed by atoms with Crippen LogP contribution in [-0.4, -0.2) is 19.4 Å². The van der Waals surface area contributed by atoms with Crippen molar-refractivity contribution in [2.75, 3.05) is 0 Å². The van der Waals surface area contributed by atoms with Crippen molar-refractivity contribution in [2.24, 2.45) is 7.05 Å². The Hall–Kier alpha value is -1.27. The first-order valence-corrected chi connectivity index (χ1v) is 5.12. The average molecular weight is 209 g/mol. The van der Waals surface area contributed by atoms with Gasteiger partial charge in [-0.25, -0.2) is 0 Å². The fourth-order valence-electron chi connectivity index (χ4n) is 1.16. The van der Waals surface area contributed by atoms with Crippen LogP contribution in [0.5, 0.6) is 0 Å². The van der Waals surface area contributed by atoms with E-state index in [1.807, 2.05) is 24.8 Å². The Bertz CT molecular complexity index is 380. The molecule has 6 heteroatoms. The van der Waals surface area contributed by atoms with Gasteiger partial charge in [-0.2, -0.15) is 5.10 Å². The highest BCUT2D eigenvalue weighted by molar-refractivity contribution is 7.03. The maximum Gasteiger partial charge on any atom is 0.0893 e. The largest absolute Gasteiger partial charge is 0.307 e. The van der Waals surface area contributed by atoms with Crippen LogP contribution >= 0.6 is 11.5 Å². The number of nitrogens with zero attached hydrogens (tertiary/aromatic N) is 4. The molecule has 0 unspecified atom stereocenters. The molecule has 0 amide bonds. The highest BCUT2D eigenvalue weighted by Crippen LogP contribution is 1.98. The fourth-order valence-corrected chi connectivity index (χ4v) is 1.61. The zero-order valence-corrected chi connectivity index (χ0v) is 8.66. The van der Waals surface area contributed by atoms with Gasteiger partial charge in [-0.3, -0.25) is 4.68 Å². The summed E-state index contributed by atoms with van der Waals surface area (Å²) in [6, 6.07) is 0. The van der Waals surface area contributed by atoms with Crippen LogP contribution in [0, 0.1) is 0 Å². The first-order valence-electron chi connectivity index (χ1n) is 4.29. The summed E-state index contributed by atoms with van der Waals surface area (Å²) >= 11 is 1.37. The van der Waals surface area contributed by atoms with Gasteiger partial charge < -0.3 is 5.32 Å². The molecule has 0 atom stereocenters. The SMILES string of the molecule is Cn1cc(CNCc2csnn2)cn1. The molecule has 2 aromatic heterocycles. The Balaban J connectivity index is 1.78. The van der Waals surface area contributed by atoms with E-state index in [1.54, 1.807) is 4.68 Å². The highest BCUT2D eigenvalue weighted by Gasteiger charge is 1.97. The zero-order valence-electron chi connectivity index (χ0n) is 7.84. The molecular weight excluding hydrogens is 198 g/mol. The Morgan fingerprint density at radius 1 is 1.50 bits per heavy atom. The van der Waals surface area contributed by atoms with Gasteiger partial charge in [0.1, 0.15) is 0 Å². The number of rotatable bonds is 4. The second-order valence-corrected chi connectivity index (χ2v) is 3.63. The van der Waals surface area contributed by atoms with Crippen molar-refractivity contribution in [3.8, 4) is 0 Å². The van der Waals surface area contributed by atoms with E-state index in [0.29, 0.717) is 0 Å². The predicted octanol–water partition coefficient (Wildman–Crippen LogP) is 0.561. The number of hydrogen-bond donors (Lipinski definition) is 1. The summed E-state index contributed by atoms with van der Waals surface area (Å²) in [5.41, 5.74) is 2.16. The second kappa shape index (κ2) is 4.30. The smallest absolute Gasteiger partial charge is 0.0893 e. The van der Waals surface area contributed by atoms with Gasteiger partial charge in [0.05, 0.1) is 11.9 Å². The van der Waals surface area contributed by atoms with E-state index in [2.05, 4.69) is 20.0 Å². The zero-order chi connectivity index (χ0) is 9.80. The molecular formula is C8H11N5S. The van der Waals surface area contributed by atoms with E-state index in [-0.39, 0.29) is 0 Å². The summed E-state index contributed by atoms with van der Waals surface area (Å²) in [6.45, 7) is 1.57. The van der Waals surface area contributed by atoms with Crippen LogP contribution in [-0.2, 0) is 20.1 Å². The molecule has 0 saturated heterocycles. The third kappa shape index (κ3) is 2.36. The maximum absolute atomic E-state index is 4.08. The number of aromatic nitrogens is 4. The fraction of sp³-hybridized carbons (Fsp3) is 0.375. The minimum absolute atomic E-state index is 0.755. The van der Waals surface area contributed by atoms with E-state index < -0.39 is 0 Å². The molecule has 2 aromatic rings. The lowest BCUT2D eigenvalue weighted by atomic mass is 10.3. The van der Waals surface area contributed by atoms with Crippen LogP contribution in [0.2, 0.25) is 0 Å². The minimum Gasteiger partial charge on any atom is -0.307 e. The summed E-state index contributed by atoms with van der Waals surface area (Å²) in [7, 11) is 1.91. The molecule has 0 aliphatic rings. The lowest BCUT2D eigenvalue weighted by Crippen LogP contribution is -2.12. The third-order valence-corrected chi connectivity index (χ3v) is 2.35. The maximum atomic E-state index is 4.08. The van der Waals surface area contributed by atoms with Crippen molar-refractivity contribution in [1.82, 2.24) is 24.7 Å². The van der Waals surface area contributed by atoms with Gasteiger partial charge in [0, 0.05) is 37.3 Å². The van der Waals surface area contributed by atoms with E-state index in [0.717, 1.165) is 18.8 Å². The van der Waals surface area contributed by atoms with Crippen LogP contribution in [0.1, 0.15) is 11.3 Å². The lowest BCUT2D eigenvalue weighted by molar-refractivity contribution is 0.676. The van der Waals surface area contributed by atoms with Gasteiger partial charge in [0.2, 0.25) is 0 Å². The minimum atomic E-state index is 0.755.